The summed E-state index contributed by atoms with van der Waals surface area (Å²) in [5, 5.41) is 7.56. The third-order valence-corrected chi connectivity index (χ3v) is 7.42. The molecule has 3 atom stereocenters. The molecule has 2 saturated carbocycles. The van der Waals surface area contributed by atoms with E-state index in [4.69, 9.17) is 10.5 Å². The smallest absolute Gasteiger partial charge is 0.325 e. The van der Waals surface area contributed by atoms with Gasteiger partial charge in [0, 0.05) is 12.6 Å². The van der Waals surface area contributed by atoms with Crippen LogP contribution in [0.5, 0.6) is 0 Å². The van der Waals surface area contributed by atoms with Gasteiger partial charge in [0.05, 0.1) is 12.6 Å². The molecule has 0 aromatic carbocycles. The lowest BCUT2D eigenvalue weighted by molar-refractivity contribution is -0.142. The van der Waals surface area contributed by atoms with Crippen LogP contribution < -0.4 is 21.7 Å². The molecule has 1 heterocycles. The number of carbonyl (C=O) groups is 6. The highest BCUT2D eigenvalue weighted by molar-refractivity contribution is 6.37. The van der Waals surface area contributed by atoms with Gasteiger partial charge < -0.3 is 31.3 Å². The Hall–Kier alpha value is -3.18. The highest BCUT2D eigenvalue weighted by atomic mass is 16.5. The normalized spacial score (nSPS) is 19.3. The Morgan fingerprint density at radius 3 is 2.05 bits per heavy atom. The Morgan fingerprint density at radius 2 is 1.62 bits per heavy atom. The molecular formula is C30H53N5O7. The van der Waals surface area contributed by atoms with Gasteiger partial charge in [-0.05, 0) is 56.3 Å². The van der Waals surface area contributed by atoms with Crippen LogP contribution in [0.25, 0.3) is 0 Å². The third kappa shape index (κ3) is 13.7. The van der Waals surface area contributed by atoms with Crippen LogP contribution in [-0.2, 0) is 28.7 Å². The lowest BCUT2D eigenvalue weighted by Crippen LogP contribution is -2.57. The van der Waals surface area contributed by atoms with Crippen molar-refractivity contribution in [2.45, 2.75) is 117 Å². The SMILES string of the molecule is CC1CCCN1C(=O)C(NC(=O)NCC(=O)OCC1CC1)C(C)(C)C.CCC.NC(=O)C(=O)C(CC1CCC1)NC=O. The topological polar surface area (TPSA) is 177 Å². The Labute approximate surface area is 250 Å². The second-order valence-corrected chi connectivity index (χ2v) is 12.6. The van der Waals surface area contributed by atoms with E-state index in [1.165, 1.54) is 6.42 Å². The number of nitrogens with one attached hydrogen (secondary N) is 3. The van der Waals surface area contributed by atoms with Gasteiger partial charge in [-0.15, -0.1) is 0 Å². The van der Waals surface area contributed by atoms with Crippen molar-refractivity contribution in [2.24, 2.45) is 23.0 Å². The van der Waals surface area contributed by atoms with Crippen molar-refractivity contribution in [3.8, 4) is 0 Å². The van der Waals surface area contributed by atoms with Gasteiger partial charge in [-0.1, -0.05) is 60.3 Å². The zero-order chi connectivity index (χ0) is 31.9. The number of ketones is 1. The van der Waals surface area contributed by atoms with E-state index in [1.807, 2.05) is 32.6 Å². The van der Waals surface area contributed by atoms with E-state index in [9.17, 15) is 28.8 Å². The molecule has 0 bridgehead atoms. The van der Waals surface area contributed by atoms with Crippen LogP contribution in [0, 0.1) is 17.3 Å². The maximum atomic E-state index is 12.9. The van der Waals surface area contributed by atoms with Crippen molar-refractivity contribution in [3.05, 3.63) is 0 Å². The number of nitrogens with two attached hydrogens (primary N) is 1. The first-order valence-electron chi connectivity index (χ1n) is 15.3. The molecule has 5 amide bonds. The Balaban J connectivity index is 0.000000437. The van der Waals surface area contributed by atoms with E-state index in [2.05, 4.69) is 29.8 Å². The van der Waals surface area contributed by atoms with Gasteiger partial charge in [-0.3, -0.25) is 24.0 Å². The predicted octanol–water partition coefficient (Wildman–Crippen LogP) is 2.43. The Kier molecular flexibility index (Phi) is 16.1. The van der Waals surface area contributed by atoms with Crippen molar-refractivity contribution in [2.75, 3.05) is 19.7 Å². The third-order valence-electron chi connectivity index (χ3n) is 7.42. The minimum atomic E-state index is -0.983. The molecule has 1 aliphatic heterocycles. The first-order chi connectivity index (χ1) is 19.7. The monoisotopic (exact) mass is 595 g/mol. The van der Waals surface area contributed by atoms with Gasteiger partial charge in [0.2, 0.25) is 18.1 Å². The van der Waals surface area contributed by atoms with Crippen LogP contribution >= 0.6 is 0 Å². The van der Waals surface area contributed by atoms with Crippen LogP contribution in [0.15, 0.2) is 0 Å². The van der Waals surface area contributed by atoms with Crippen LogP contribution in [0.4, 0.5) is 4.79 Å². The first kappa shape index (κ1) is 36.8. The molecule has 3 unspecified atom stereocenters. The molecule has 0 spiro atoms. The standard InChI is InChI=1S/C18H31N3O4.C9H14N2O3.C3H8/c1-12-6-5-9-21(12)16(23)15(18(2,3)4)20-17(24)19-10-14(22)25-11-13-7-8-13;10-9(14)8(13)7(11-5-12)4-6-2-1-3-6;1-3-2/h12-13,15H,5-11H2,1-4H3,(H2,19,20,24);5-7H,1-4H2,(H2,10,14)(H,11,12);3H2,1-2H3. The molecule has 3 aliphatic rings. The second kappa shape index (κ2) is 18.4. The molecule has 3 rings (SSSR count). The van der Waals surface area contributed by atoms with E-state index in [0.717, 1.165) is 51.5 Å². The summed E-state index contributed by atoms with van der Waals surface area (Å²) in [4.78, 5) is 70.5. The molecule has 240 valence electrons. The lowest BCUT2D eigenvalue weighted by atomic mass is 9.80. The zero-order valence-electron chi connectivity index (χ0n) is 26.3. The molecular weight excluding hydrogens is 542 g/mol. The highest BCUT2D eigenvalue weighted by Gasteiger charge is 2.38. The summed E-state index contributed by atoms with van der Waals surface area (Å²) in [5.41, 5.74) is 4.43. The fraction of sp³-hybridized carbons (Fsp3) is 0.800. The average Bonchev–Trinajstić information content (AvgIpc) is 3.63. The van der Waals surface area contributed by atoms with Crippen LogP contribution in [0.3, 0.4) is 0 Å². The molecule has 2 aliphatic carbocycles. The van der Waals surface area contributed by atoms with E-state index in [1.54, 1.807) is 0 Å². The van der Waals surface area contributed by atoms with E-state index >= 15 is 0 Å². The maximum Gasteiger partial charge on any atom is 0.325 e. The fourth-order valence-corrected chi connectivity index (χ4v) is 4.52. The summed E-state index contributed by atoms with van der Waals surface area (Å²) in [7, 11) is 0. The second-order valence-electron chi connectivity index (χ2n) is 12.6. The number of amides is 5. The number of ether oxygens (including phenoxy) is 1. The van der Waals surface area contributed by atoms with Crippen molar-refractivity contribution < 1.29 is 33.5 Å². The maximum absolute atomic E-state index is 12.9. The molecule has 3 fully saturated rings. The number of primary amides is 1. The number of nitrogens with zero attached hydrogens (tertiary/aromatic N) is 1. The summed E-state index contributed by atoms with van der Waals surface area (Å²) >= 11 is 0. The highest BCUT2D eigenvalue weighted by Crippen LogP contribution is 2.30. The molecule has 0 aromatic heterocycles. The van der Waals surface area contributed by atoms with Crippen LogP contribution in [-0.4, -0.2) is 78.7 Å². The summed E-state index contributed by atoms with van der Waals surface area (Å²) in [6.07, 6.45) is 9.67. The molecule has 0 radical (unpaired) electrons. The van der Waals surface area contributed by atoms with Crippen molar-refractivity contribution in [3.63, 3.8) is 0 Å². The van der Waals surface area contributed by atoms with Gasteiger partial charge in [0.25, 0.3) is 5.91 Å². The number of likely N-dealkylation sites (tertiary alicyclic amines) is 1. The van der Waals surface area contributed by atoms with Gasteiger partial charge in [0.1, 0.15) is 12.6 Å². The average molecular weight is 596 g/mol. The number of rotatable bonds is 12. The van der Waals surface area contributed by atoms with Crippen molar-refractivity contribution in [1.82, 2.24) is 20.9 Å². The lowest BCUT2D eigenvalue weighted by Gasteiger charge is -2.35. The Morgan fingerprint density at radius 1 is 1.00 bits per heavy atom. The minimum Gasteiger partial charge on any atom is -0.464 e. The number of urea groups is 1. The minimum absolute atomic E-state index is 0.0658. The molecule has 42 heavy (non-hydrogen) atoms. The van der Waals surface area contributed by atoms with Gasteiger partial charge in [0.15, 0.2) is 0 Å². The number of Topliss-reactive ketones (excluding diaryl/α,β-unsaturated/α-hetero) is 1. The summed E-state index contributed by atoms with van der Waals surface area (Å²) in [5.74, 6) is -1.27. The van der Waals surface area contributed by atoms with E-state index in [-0.39, 0.29) is 18.5 Å². The predicted molar refractivity (Wildman–Crippen MR) is 159 cm³/mol. The number of carbonyl (C=O) groups excluding carboxylic acids is 6. The molecule has 12 heteroatoms. The van der Waals surface area contributed by atoms with Crippen LogP contribution in [0.1, 0.15) is 99.3 Å². The first-order valence-corrected chi connectivity index (χ1v) is 15.3. The quantitative estimate of drug-likeness (QED) is 0.152. The zero-order valence-corrected chi connectivity index (χ0v) is 26.3. The van der Waals surface area contributed by atoms with Gasteiger partial charge >= 0.3 is 12.0 Å². The number of hydrogen-bond donors (Lipinski definition) is 4. The molecule has 1 saturated heterocycles. The van der Waals surface area contributed by atoms with Gasteiger partial charge in [-0.2, -0.15) is 0 Å². The van der Waals surface area contributed by atoms with Crippen molar-refractivity contribution >= 4 is 36.0 Å². The summed E-state index contributed by atoms with van der Waals surface area (Å²) < 4.78 is 5.07. The number of esters is 1. The molecule has 5 N–H and O–H groups in total. The van der Waals surface area contributed by atoms with Gasteiger partial charge in [-0.25, -0.2) is 4.79 Å². The van der Waals surface area contributed by atoms with E-state index in [0.29, 0.717) is 31.3 Å². The number of hydrogen-bond acceptors (Lipinski definition) is 7. The Bertz CT molecular complexity index is 912. The summed E-state index contributed by atoms with van der Waals surface area (Å²) in [6.45, 7) is 13.0. The molecule has 12 nitrogen and oxygen atoms in total. The van der Waals surface area contributed by atoms with Crippen molar-refractivity contribution in [1.29, 1.82) is 0 Å². The largest absolute Gasteiger partial charge is 0.464 e. The fourth-order valence-electron chi connectivity index (χ4n) is 4.52. The summed E-state index contributed by atoms with van der Waals surface area (Å²) in [6, 6.07) is -1.70. The van der Waals surface area contributed by atoms with E-state index < -0.39 is 41.2 Å². The molecule has 0 aromatic rings. The van der Waals surface area contributed by atoms with Crippen LogP contribution in [0.2, 0.25) is 0 Å².